The Morgan fingerprint density at radius 1 is 1.29 bits per heavy atom. The Kier molecular flexibility index (Phi) is 3.11. The molecular formula is C15H13NO. The highest BCUT2D eigenvalue weighted by Gasteiger charge is 2.07. The Labute approximate surface area is 101 Å². The molecule has 2 heteroatoms. The highest BCUT2D eigenvalue weighted by atomic mass is 16.5. The lowest BCUT2D eigenvalue weighted by Crippen LogP contribution is -1.99. The van der Waals surface area contributed by atoms with Crippen molar-refractivity contribution in [2.24, 2.45) is 0 Å². The third-order valence-corrected chi connectivity index (χ3v) is 2.48. The van der Waals surface area contributed by atoms with Crippen molar-refractivity contribution in [3.8, 4) is 11.8 Å². The molecule has 0 heterocycles. The van der Waals surface area contributed by atoms with Crippen LogP contribution in [0.1, 0.15) is 12.5 Å². The van der Waals surface area contributed by atoms with E-state index in [4.69, 9.17) is 4.74 Å². The molecule has 17 heavy (non-hydrogen) atoms. The first kappa shape index (κ1) is 11.2. The van der Waals surface area contributed by atoms with Crippen LogP contribution in [0, 0.1) is 11.3 Å². The maximum Gasteiger partial charge on any atom is 0.138 e. The van der Waals surface area contributed by atoms with E-state index in [2.05, 4.69) is 12.6 Å². The van der Waals surface area contributed by atoms with E-state index >= 15 is 0 Å². The van der Waals surface area contributed by atoms with Gasteiger partial charge < -0.3 is 4.74 Å². The monoisotopic (exact) mass is 223 g/mol. The third kappa shape index (κ3) is 2.29. The Morgan fingerprint density at radius 2 is 2.06 bits per heavy atom. The lowest BCUT2D eigenvalue weighted by molar-refractivity contribution is 0.352. The second-order valence-electron chi connectivity index (χ2n) is 4.02. The van der Waals surface area contributed by atoms with Crippen molar-refractivity contribution in [2.45, 2.75) is 6.92 Å². The van der Waals surface area contributed by atoms with Crippen molar-refractivity contribution in [1.82, 2.24) is 0 Å². The molecule has 0 atom stereocenters. The molecule has 0 amide bonds. The van der Waals surface area contributed by atoms with E-state index in [0.717, 1.165) is 16.3 Å². The molecule has 0 aliphatic rings. The van der Waals surface area contributed by atoms with Gasteiger partial charge in [0.25, 0.3) is 0 Å². The van der Waals surface area contributed by atoms with E-state index in [-0.39, 0.29) is 0 Å². The summed E-state index contributed by atoms with van der Waals surface area (Å²) in [7, 11) is 0. The topological polar surface area (TPSA) is 33.0 Å². The first-order chi connectivity index (χ1) is 8.22. The zero-order chi connectivity index (χ0) is 12.3. The number of nitrogens with zero attached hydrogens (tertiary/aromatic N) is 1. The summed E-state index contributed by atoms with van der Waals surface area (Å²) >= 11 is 0. The van der Waals surface area contributed by atoms with Gasteiger partial charge >= 0.3 is 0 Å². The van der Waals surface area contributed by atoms with E-state index in [0.29, 0.717) is 17.9 Å². The molecule has 0 radical (unpaired) electrons. The summed E-state index contributed by atoms with van der Waals surface area (Å²) in [4.78, 5) is 0. The van der Waals surface area contributed by atoms with Gasteiger partial charge in [0.05, 0.1) is 0 Å². The summed E-state index contributed by atoms with van der Waals surface area (Å²) in [5, 5.41) is 11.2. The van der Waals surface area contributed by atoms with E-state index in [1.807, 2.05) is 43.3 Å². The molecular weight excluding hydrogens is 210 g/mol. The molecule has 0 saturated carbocycles. The predicted octanol–water partition coefficient (Wildman–Crippen LogP) is 3.67. The van der Waals surface area contributed by atoms with E-state index in [9.17, 15) is 5.26 Å². The lowest BCUT2D eigenvalue weighted by Gasteiger charge is -2.09. The largest absolute Gasteiger partial charge is 0.488 e. The van der Waals surface area contributed by atoms with Gasteiger partial charge in [0.15, 0.2) is 0 Å². The first-order valence-electron chi connectivity index (χ1n) is 5.41. The van der Waals surface area contributed by atoms with Crippen LogP contribution in [0.25, 0.3) is 10.8 Å². The smallest absolute Gasteiger partial charge is 0.138 e. The standard InChI is InChI=1S/C15H13NO/c1-11(2)10-17-15-8-7-12-5-3-4-6-13(12)14(15)9-16/h3-8H,1,10H2,2H3. The van der Waals surface area contributed by atoms with E-state index < -0.39 is 0 Å². The first-order valence-corrected chi connectivity index (χ1v) is 5.41. The summed E-state index contributed by atoms with van der Waals surface area (Å²) in [6.07, 6.45) is 0. The fourth-order valence-electron chi connectivity index (χ4n) is 1.69. The van der Waals surface area contributed by atoms with Gasteiger partial charge in [0, 0.05) is 5.39 Å². The van der Waals surface area contributed by atoms with Gasteiger partial charge in [-0.1, -0.05) is 36.9 Å². The second kappa shape index (κ2) is 4.71. The zero-order valence-corrected chi connectivity index (χ0v) is 9.73. The lowest BCUT2D eigenvalue weighted by atomic mass is 10.0. The molecule has 2 nitrogen and oxygen atoms in total. The summed E-state index contributed by atoms with van der Waals surface area (Å²) in [6.45, 7) is 6.11. The normalized spacial score (nSPS) is 9.88. The number of nitriles is 1. The summed E-state index contributed by atoms with van der Waals surface area (Å²) in [5.74, 6) is 0.620. The maximum atomic E-state index is 9.23. The molecule has 0 spiro atoms. The van der Waals surface area contributed by atoms with Gasteiger partial charge in [-0.2, -0.15) is 5.26 Å². The third-order valence-electron chi connectivity index (χ3n) is 2.48. The number of fused-ring (bicyclic) bond motifs is 1. The van der Waals surface area contributed by atoms with Crippen LogP contribution < -0.4 is 4.74 Å². The minimum atomic E-state index is 0.438. The van der Waals surface area contributed by atoms with Gasteiger partial charge in [0.1, 0.15) is 24.0 Å². The van der Waals surface area contributed by atoms with Crippen molar-refractivity contribution in [1.29, 1.82) is 5.26 Å². The number of rotatable bonds is 3. The van der Waals surface area contributed by atoms with Crippen LogP contribution in [0.4, 0.5) is 0 Å². The number of benzene rings is 2. The quantitative estimate of drug-likeness (QED) is 0.744. The SMILES string of the molecule is C=C(C)COc1ccc2ccccc2c1C#N. The fourth-order valence-corrected chi connectivity index (χ4v) is 1.69. The van der Waals surface area contributed by atoms with Crippen molar-refractivity contribution in [3.63, 3.8) is 0 Å². The van der Waals surface area contributed by atoms with Gasteiger partial charge in [-0.25, -0.2) is 0 Å². The molecule has 0 aliphatic carbocycles. The van der Waals surface area contributed by atoms with Crippen LogP contribution in [0.2, 0.25) is 0 Å². The van der Waals surface area contributed by atoms with E-state index in [1.54, 1.807) is 0 Å². The highest BCUT2D eigenvalue weighted by molar-refractivity contribution is 5.90. The minimum Gasteiger partial charge on any atom is -0.488 e. The van der Waals surface area contributed by atoms with Crippen LogP contribution in [-0.2, 0) is 0 Å². The Bertz CT molecular complexity index is 608. The Balaban J connectivity index is 2.50. The minimum absolute atomic E-state index is 0.438. The molecule has 2 aromatic carbocycles. The molecule has 0 fully saturated rings. The Hall–Kier alpha value is -2.27. The molecule has 0 aliphatic heterocycles. The fraction of sp³-hybridized carbons (Fsp3) is 0.133. The highest BCUT2D eigenvalue weighted by Crippen LogP contribution is 2.27. The van der Waals surface area contributed by atoms with E-state index in [1.165, 1.54) is 0 Å². The average Bonchev–Trinajstić information content (AvgIpc) is 2.35. The van der Waals surface area contributed by atoms with Crippen LogP contribution >= 0.6 is 0 Å². The zero-order valence-electron chi connectivity index (χ0n) is 9.73. The van der Waals surface area contributed by atoms with Crippen LogP contribution in [-0.4, -0.2) is 6.61 Å². The molecule has 0 saturated heterocycles. The maximum absolute atomic E-state index is 9.23. The van der Waals surface area contributed by atoms with Crippen LogP contribution in [0.3, 0.4) is 0 Å². The molecule has 0 aromatic heterocycles. The molecule has 0 unspecified atom stereocenters. The number of hydrogen-bond acceptors (Lipinski definition) is 2. The summed E-state index contributed by atoms with van der Waals surface area (Å²) < 4.78 is 5.58. The van der Waals surface area contributed by atoms with Crippen molar-refractivity contribution >= 4 is 10.8 Å². The van der Waals surface area contributed by atoms with Crippen molar-refractivity contribution < 1.29 is 4.74 Å². The van der Waals surface area contributed by atoms with Crippen LogP contribution in [0.5, 0.6) is 5.75 Å². The van der Waals surface area contributed by atoms with Gasteiger partial charge in [-0.15, -0.1) is 0 Å². The predicted molar refractivity (Wildman–Crippen MR) is 69.0 cm³/mol. The number of ether oxygens (including phenoxy) is 1. The van der Waals surface area contributed by atoms with Gasteiger partial charge in [-0.05, 0) is 23.9 Å². The summed E-state index contributed by atoms with van der Waals surface area (Å²) in [6, 6.07) is 13.8. The van der Waals surface area contributed by atoms with Crippen molar-refractivity contribution in [3.05, 3.63) is 54.1 Å². The molecule has 2 rings (SSSR count). The number of hydrogen-bond donors (Lipinski definition) is 0. The molecule has 0 bridgehead atoms. The molecule has 0 N–H and O–H groups in total. The molecule has 84 valence electrons. The van der Waals surface area contributed by atoms with Crippen LogP contribution in [0.15, 0.2) is 48.6 Å². The van der Waals surface area contributed by atoms with Gasteiger partial charge in [-0.3, -0.25) is 0 Å². The molecule has 2 aromatic rings. The average molecular weight is 223 g/mol. The summed E-state index contributed by atoms with van der Waals surface area (Å²) in [5.41, 5.74) is 1.52. The van der Waals surface area contributed by atoms with Gasteiger partial charge in [0.2, 0.25) is 0 Å². The Morgan fingerprint density at radius 3 is 2.76 bits per heavy atom. The van der Waals surface area contributed by atoms with Crippen molar-refractivity contribution in [2.75, 3.05) is 6.61 Å². The second-order valence-corrected chi connectivity index (χ2v) is 4.02.